The Morgan fingerprint density at radius 3 is 2.65 bits per heavy atom. The number of nitrogens with zero attached hydrogens (tertiary/aromatic N) is 4. The Bertz CT molecular complexity index is 1320. The van der Waals surface area contributed by atoms with Gasteiger partial charge in [-0.2, -0.15) is 5.26 Å². The summed E-state index contributed by atoms with van der Waals surface area (Å²) in [4.78, 5) is 4.26. The van der Waals surface area contributed by atoms with Crippen LogP contribution in [0.3, 0.4) is 0 Å². The molecule has 0 bridgehead atoms. The Balaban J connectivity index is 1.92. The summed E-state index contributed by atoms with van der Waals surface area (Å²) in [5.41, 5.74) is 5.94. The Hall–Kier alpha value is -3.69. The van der Waals surface area contributed by atoms with Crippen LogP contribution in [0, 0.1) is 18.3 Å². The molecule has 0 saturated carbocycles. The molecular weight excluding hydrogens is 448 g/mol. The van der Waals surface area contributed by atoms with Crippen molar-refractivity contribution in [3.63, 3.8) is 0 Å². The van der Waals surface area contributed by atoms with E-state index < -0.39 is 0 Å². The first-order valence-corrected chi connectivity index (χ1v) is 11.3. The van der Waals surface area contributed by atoms with E-state index in [-0.39, 0.29) is 0 Å². The normalized spacial score (nSPS) is 11.1. The van der Waals surface area contributed by atoms with Crippen molar-refractivity contribution in [1.82, 2.24) is 10.2 Å². The minimum Gasteiger partial charge on any atom is -0.455 e. The molecule has 0 aliphatic carbocycles. The zero-order valence-electron chi connectivity index (χ0n) is 20.1. The van der Waals surface area contributed by atoms with Crippen molar-refractivity contribution >= 4 is 22.9 Å². The van der Waals surface area contributed by atoms with Crippen LogP contribution in [0.4, 0.5) is 0 Å². The van der Waals surface area contributed by atoms with Crippen LogP contribution in [0.1, 0.15) is 61.7 Å². The van der Waals surface area contributed by atoms with Crippen LogP contribution in [-0.4, -0.2) is 15.9 Å². The second kappa shape index (κ2) is 11.0. The lowest BCUT2D eigenvalue weighted by Crippen LogP contribution is -1.99. The summed E-state index contributed by atoms with van der Waals surface area (Å²) in [6.45, 7) is 13.4. The number of nitriles is 1. The number of allylic oxidation sites excluding steroid dienone is 2. The largest absolute Gasteiger partial charge is 0.455 e. The van der Waals surface area contributed by atoms with Gasteiger partial charge in [0.05, 0.1) is 28.6 Å². The lowest BCUT2D eigenvalue weighted by atomic mass is 10.0. The first-order chi connectivity index (χ1) is 16.3. The third-order valence-electron chi connectivity index (χ3n) is 5.36. The van der Waals surface area contributed by atoms with Gasteiger partial charge in [0.1, 0.15) is 11.5 Å². The Kier molecular flexibility index (Phi) is 8.04. The summed E-state index contributed by atoms with van der Waals surface area (Å²) >= 11 is 6.48. The molecule has 0 N–H and O–H groups in total. The van der Waals surface area contributed by atoms with Crippen molar-refractivity contribution in [2.75, 3.05) is 0 Å². The van der Waals surface area contributed by atoms with E-state index in [0.717, 1.165) is 40.0 Å². The molecule has 0 spiro atoms. The Morgan fingerprint density at radius 2 is 2.00 bits per heavy atom. The second-order valence-corrected chi connectivity index (χ2v) is 8.45. The van der Waals surface area contributed by atoms with Crippen LogP contribution in [-0.2, 0) is 12.8 Å². The van der Waals surface area contributed by atoms with Gasteiger partial charge in [-0.3, -0.25) is 4.99 Å². The molecule has 3 aromatic rings. The van der Waals surface area contributed by atoms with Crippen LogP contribution in [0.5, 0.6) is 11.5 Å². The number of hydrogen-bond acceptors (Lipinski definition) is 6. The smallest absolute Gasteiger partial charge is 0.249 e. The summed E-state index contributed by atoms with van der Waals surface area (Å²) < 4.78 is 12.1. The van der Waals surface area contributed by atoms with Gasteiger partial charge in [0.25, 0.3) is 0 Å². The summed E-state index contributed by atoms with van der Waals surface area (Å²) in [5.74, 6) is 2.00. The average molecular weight is 475 g/mol. The number of halogens is 1. The van der Waals surface area contributed by atoms with Crippen LogP contribution in [0.25, 0.3) is 5.57 Å². The highest BCUT2D eigenvalue weighted by Crippen LogP contribution is 2.36. The average Bonchev–Trinajstić information content (AvgIpc) is 3.26. The third-order valence-corrected chi connectivity index (χ3v) is 5.66. The van der Waals surface area contributed by atoms with E-state index in [9.17, 15) is 5.26 Å². The standard InChI is InChI=1S/C27H27ClN4O2/c1-7-19-11-20(15-29)13-22(12-19)33-26-17(5)21(9-10-23(26)28)14-24-31-32-27(34-24)25(16(3)4)18(6)30-8-2/h8-13H,2,7,14H2,1,3-6H3. The zero-order valence-corrected chi connectivity index (χ0v) is 20.8. The van der Waals surface area contributed by atoms with E-state index in [1.807, 2.05) is 52.8 Å². The highest BCUT2D eigenvalue weighted by molar-refractivity contribution is 6.32. The van der Waals surface area contributed by atoms with E-state index in [1.54, 1.807) is 12.1 Å². The van der Waals surface area contributed by atoms with E-state index in [1.165, 1.54) is 6.20 Å². The first kappa shape index (κ1) is 24.9. The summed E-state index contributed by atoms with van der Waals surface area (Å²) in [5, 5.41) is 18.3. The maximum Gasteiger partial charge on any atom is 0.249 e. The van der Waals surface area contributed by atoms with Crippen molar-refractivity contribution in [1.29, 1.82) is 5.26 Å². The lowest BCUT2D eigenvalue weighted by molar-refractivity contribution is 0.475. The molecule has 0 amide bonds. The lowest BCUT2D eigenvalue weighted by Gasteiger charge is -2.14. The minimum absolute atomic E-state index is 0.415. The van der Waals surface area contributed by atoms with Gasteiger partial charge in [0, 0.05) is 11.9 Å². The fraction of sp³-hybridized carbons (Fsp3) is 0.259. The van der Waals surface area contributed by atoms with Crippen molar-refractivity contribution in [3.05, 3.63) is 87.7 Å². The van der Waals surface area contributed by atoms with Gasteiger partial charge in [-0.05, 0) is 75.1 Å². The van der Waals surface area contributed by atoms with Gasteiger partial charge in [0.2, 0.25) is 11.8 Å². The van der Waals surface area contributed by atoms with E-state index in [4.69, 9.17) is 20.8 Å². The highest BCUT2D eigenvalue weighted by Gasteiger charge is 2.18. The maximum absolute atomic E-state index is 9.33. The van der Waals surface area contributed by atoms with E-state index in [0.29, 0.717) is 40.3 Å². The maximum atomic E-state index is 9.33. The van der Waals surface area contributed by atoms with Crippen molar-refractivity contribution in [2.24, 2.45) is 4.99 Å². The third kappa shape index (κ3) is 5.62. The molecular formula is C27H27ClN4O2. The summed E-state index contributed by atoms with van der Waals surface area (Å²) in [6.07, 6.45) is 2.70. The Labute approximate surface area is 205 Å². The molecule has 0 radical (unpaired) electrons. The Morgan fingerprint density at radius 1 is 1.24 bits per heavy atom. The topological polar surface area (TPSA) is 84.3 Å². The molecule has 0 aliphatic heterocycles. The first-order valence-electron chi connectivity index (χ1n) is 10.9. The molecule has 0 atom stereocenters. The molecule has 0 aliphatic rings. The number of benzene rings is 2. The SMILES string of the molecule is C=CN=C(C)C(=C(C)C)c1nnc(Cc2ccc(Cl)c(Oc3cc(C#N)cc(CC)c3)c2C)o1. The molecule has 6 nitrogen and oxygen atoms in total. The van der Waals surface area contributed by atoms with Gasteiger partial charge in [0.15, 0.2) is 0 Å². The molecule has 1 aromatic heterocycles. The van der Waals surface area contributed by atoms with Crippen molar-refractivity contribution in [2.45, 2.75) is 47.5 Å². The van der Waals surface area contributed by atoms with E-state index >= 15 is 0 Å². The van der Waals surface area contributed by atoms with Gasteiger partial charge in [-0.15, -0.1) is 10.2 Å². The second-order valence-electron chi connectivity index (χ2n) is 8.04. The zero-order chi connectivity index (χ0) is 24.8. The number of aryl methyl sites for hydroxylation is 1. The quantitative estimate of drug-likeness (QED) is 0.321. The number of rotatable bonds is 8. The number of aliphatic imine (C=N–C) groups is 1. The van der Waals surface area contributed by atoms with Crippen molar-refractivity contribution in [3.8, 4) is 17.6 Å². The molecule has 2 aromatic carbocycles. The van der Waals surface area contributed by atoms with Crippen LogP contribution >= 0.6 is 11.6 Å². The van der Waals surface area contributed by atoms with Crippen LogP contribution in [0.2, 0.25) is 5.02 Å². The molecule has 1 heterocycles. The fourth-order valence-electron chi connectivity index (χ4n) is 3.64. The molecule has 0 fully saturated rings. The molecule has 174 valence electrons. The van der Waals surface area contributed by atoms with Crippen molar-refractivity contribution < 1.29 is 9.15 Å². The summed E-state index contributed by atoms with van der Waals surface area (Å²) in [6, 6.07) is 11.4. The van der Waals surface area contributed by atoms with Crippen LogP contribution in [0.15, 0.2) is 58.1 Å². The number of ether oxygens (including phenoxy) is 1. The molecule has 3 rings (SSSR count). The van der Waals surface area contributed by atoms with Gasteiger partial charge in [-0.1, -0.05) is 36.7 Å². The van der Waals surface area contributed by atoms with Gasteiger partial charge < -0.3 is 9.15 Å². The van der Waals surface area contributed by atoms with Crippen LogP contribution < -0.4 is 4.74 Å². The molecule has 0 unspecified atom stereocenters. The predicted molar refractivity (Wildman–Crippen MR) is 135 cm³/mol. The fourth-order valence-corrected chi connectivity index (χ4v) is 3.89. The predicted octanol–water partition coefficient (Wildman–Crippen LogP) is 7.25. The van der Waals surface area contributed by atoms with Gasteiger partial charge in [-0.25, -0.2) is 0 Å². The molecule has 7 heteroatoms. The number of hydrogen-bond donors (Lipinski definition) is 0. The summed E-state index contributed by atoms with van der Waals surface area (Å²) in [7, 11) is 0. The van der Waals surface area contributed by atoms with Gasteiger partial charge >= 0.3 is 0 Å². The number of aromatic nitrogens is 2. The molecule has 34 heavy (non-hydrogen) atoms. The monoisotopic (exact) mass is 474 g/mol. The molecule has 0 saturated heterocycles. The highest BCUT2D eigenvalue weighted by atomic mass is 35.5. The van der Waals surface area contributed by atoms with E-state index in [2.05, 4.69) is 27.8 Å². The minimum atomic E-state index is 0.415.